The molecule has 0 heterocycles. The van der Waals surface area contributed by atoms with Crippen molar-refractivity contribution in [1.29, 1.82) is 0 Å². The molecule has 1 saturated carbocycles. The summed E-state index contributed by atoms with van der Waals surface area (Å²) in [5.74, 6) is -1.99. The van der Waals surface area contributed by atoms with Gasteiger partial charge in [-0.15, -0.1) is 0 Å². The summed E-state index contributed by atoms with van der Waals surface area (Å²) >= 11 is 5.15. The molecule has 3 atom stereocenters. The first-order valence-corrected chi connectivity index (χ1v) is 7.50. The van der Waals surface area contributed by atoms with Crippen LogP contribution in [0.1, 0.15) is 24.8 Å². The van der Waals surface area contributed by atoms with Gasteiger partial charge in [0.1, 0.15) is 6.10 Å². The normalized spacial score (nSPS) is 24.8. The quantitative estimate of drug-likeness (QED) is 0.824. The second-order valence-corrected chi connectivity index (χ2v) is 5.73. The molecule has 2 rings (SSSR count). The van der Waals surface area contributed by atoms with Crippen molar-refractivity contribution in [2.24, 2.45) is 0 Å². The molecule has 1 aliphatic rings. The van der Waals surface area contributed by atoms with Crippen LogP contribution in [0, 0.1) is 0 Å². The van der Waals surface area contributed by atoms with E-state index < -0.39 is 30.3 Å². The topological polar surface area (TPSA) is 58.6 Å². The van der Waals surface area contributed by atoms with E-state index >= 15 is 0 Å². The van der Waals surface area contributed by atoms with E-state index in [1.54, 1.807) is 24.3 Å². The van der Waals surface area contributed by atoms with Crippen molar-refractivity contribution in [3.8, 4) is 0 Å². The molecule has 23 heavy (non-hydrogen) atoms. The first-order chi connectivity index (χ1) is 10.8. The zero-order chi connectivity index (χ0) is 17.0. The van der Waals surface area contributed by atoms with Crippen molar-refractivity contribution in [1.82, 2.24) is 5.32 Å². The minimum absolute atomic E-state index is 0.0100. The highest BCUT2D eigenvalue weighted by Gasteiger charge is 2.41. The standard InChI is InChI=1S/C15H16F3NO3S/c16-15(17,18)14(21)19-10-6-7-12(11(20)8-10)22-13(23)9-4-2-1-3-5-9/h1-5,10-12,20H,6-8H2,(H,19,21)/t10-,11-,12-/m1/s1. The molecule has 0 radical (unpaired) electrons. The second kappa shape index (κ2) is 7.27. The maximum Gasteiger partial charge on any atom is 0.471 e. The summed E-state index contributed by atoms with van der Waals surface area (Å²) in [6, 6.07) is 8.23. The van der Waals surface area contributed by atoms with Crippen molar-refractivity contribution in [2.75, 3.05) is 0 Å². The monoisotopic (exact) mass is 347 g/mol. The smallest absolute Gasteiger partial charge is 0.471 e. The summed E-state index contributed by atoms with van der Waals surface area (Å²) in [6.45, 7) is 0. The van der Waals surface area contributed by atoms with E-state index in [4.69, 9.17) is 17.0 Å². The zero-order valence-electron chi connectivity index (χ0n) is 12.0. The molecule has 4 nitrogen and oxygen atoms in total. The van der Waals surface area contributed by atoms with Crippen molar-refractivity contribution < 1.29 is 27.8 Å². The number of alkyl halides is 3. The molecule has 0 saturated heterocycles. The number of nitrogens with one attached hydrogen (secondary N) is 1. The predicted molar refractivity (Wildman–Crippen MR) is 80.9 cm³/mol. The Hall–Kier alpha value is -1.67. The Kier molecular flexibility index (Phi) is 5.59. The number of aliphatic hydroxyl groups excluding tert-OH is 1. The Morgan fingerprint density at radius 2 is 1.91 bits per heavy atom. The van der Waals surface area contributed by atoms with Crippen LogP contribution in [0.4, 0.5) is 13.2 Å². The van der Waals surface area contributed by atoms with Crippen LogP contribution in [-0.2, 0) is 9.53 Å². The van der Waals surface area contributed by atoms with Gasteiger partial charge in [-0.25, -0.2) is 0 Å². The average molecular weight is 347 g/mol. The number of carbonyl (C=O) groups excluding carboxylic acids is 1. The highest BCUT2D eigenvalue weighted by atomic mass is 32.1. The van der Waals surface area contributed by atoms with E-state index in [9.17, 15) is 23.1 Å². The SMILES string of the molecule is O=C(N[C@@H]1CC[C@@H](OC(=S)c2ccccc2)[C@H](O)C1)C(F)(F)F. The van der Waals surface area contributed by atoms with E-state index in [0.29, 0.717) is 12.0 Å². The van der Waals surface area contributed by atoms with Gasteiger partial charge in [0.15, 0.2) is 5.05 Å². The molecule has 1 fully saturated rings. The molecule has 0 unspecified atom stereocenters. The fourth-order valence-corrected chi connectivity index (χ4v) is 2.69. The number of hydrogen-bond donors (Lipinski definition) is 2. The molecule has 8 heteroatoms. The summed E-state index contributed by atoms with van der Waals surface area (Å²) in [7, 11) is 0. The van der Waals surface area contributed by atoms with Gasteiger partial charge in [0.05, 0.1) is 6.10 Å². The largest absolute Gasteiger partial charge is 0.477 e. The van der Waals surface area contributed by atoms with Crippen molar-refractivity contribution in [3.63, 3.8) is 0 Å². The van der Waals surface area contributed by atoms with Gasteiger partial charge in [0.2, 0.25) is 0 Å². The molecule has 2 N–H and O–H groups in total. The molecular weight excluding hydrogens is 331 g/mol. The molecule has 1 aromatic carbocycles. The van der Waals surface area contributed by atoms with Crippen molar-refractivity contribution >= 4 is 23.2 Å². The van der Waals surface area contributed by atoms with Crippen LogP contribution in [0.15, 0.2) is 30.3 Å². The predicted octanol–water partition coefficient (Wildman–Crippen LogP) is 2.34. The van der Waals surface area contributed by atoms with Gasteiger partial charge >= 0.3 is 12.1 Å². The Labute approximate surface area is 136 Å². The van der Waals surface area contributed by atoms with Gasteiger partial charge in [-0.05, 0) is 31.5 Å². The van der Waals surface area contributed by atoms with Gasteiger partial charge in [-0.2, -0.15) is 13.2 Å². The lowest BCUT2D eigenvalue weighted by molar-refractivity contribution is -0.175. The average Bonchev–Trinajstić information content (AvgIpc) is 2.50. The molecular formula is C15H16F3NO3S. The third-order valence-electron chi connectivity index (χ3n) is 3.62. The van der Waals surface area contributed by atoms with Gasteiger partial charge in [0, 0.05) is 11.6 Å². The third-order valence-corrected chi connectivity index (χ3v) is 3.95. The lowest BCUT2D eigenvalue weighted by atomic mass is 9.90. The molecule has 1 amide bonds. The van der Waals surface area contributed by atoms with Gasteiger partial charge in [-0.1, -0.05) is 30.3 Å². The van der Waals surface area contributed by atoms with Crippen LogP contribution >= 0.6 is 12.2 Å². The molecule has 0 aliphatic heterocycles. The number of carbonyl (C=O) groups is 1. The number of halogens is 3. The summed E-state index contributed by atoms with van der Waals surface area (Å²) in [6.07, 6.45) is -5.94. The lowest BCUT2D eigenvalue weighted by Crippen LogP contribution is -2.49. The van der Waals surface area contributed by atoms with Crippen LogP contribution in [0.3, 0.4) is 0 Å². The maximum atomic E-state index is 12.2. The van der Waals surface area contributed by atoms with E-state index in [-0.39, 0.29) is 17.9 Å². The number of ether oxygens (including phenoxy) is 1. The Balaban J connectivity index is 1.87. The minimum atomic E-state index is -4.92. The van der Waals surface area contributed by atoms with Crippen LogP contribution in [-0.4, -0.2) is 40.5 Å². The fourth-order valence-electron chi connectivity index (χ4n) is 2.43. The van der Waals surface area contributed by atoms with E-state index in [0.717, 1.165) is 0 Å². The van der Waals surface area contributed by atoms with E-state index in [1.807, 2.05) is 11.4 Å². The van der Waals surface area contributed by atoms with Crippen LogP contribution in [0.25, 0.3) is 0 Å². The Bertz CT molecular complexity index is 565. The summed E-state index contributed by atoms with van der Waals surface area (Å²) in [5, 5.41) is 12.1. The molecule has 1 aromatic rings. The van der Waals surface area contributed by atoms with Gasteiger partial charge in [0.25, 0.3) is 0 Å². The van der Waals surface area contributed by atoms with Crippen molar-refractivity contribution in [3.05, 3.63) is 35.9 Å². The van der Waals surface area contributed by atoms with Gasteiger partial charge < -0.3 is 15.2 Å². The number of hydrogen-bond acceptors (Lipinski definition) is 4. The van der Waals surface area contributed by atoms with Crippen LogP contribution in [0.5, 0.6) is 0 Å². The molecule has 0 bridgehead atoms. The number of amides is 1. The maximum absolute atomic E-state index is 12.2. The van der Waals surface area contributed by atoms with Crippen LogP contribution in [0.2, 0.25) is 0 Å². The Morgan fingerprint density at radius 1 is 1.26 bits per heavy atom. The highest BCUT2D eigenvalue weighted by molar-refractivity contribution is 7.80. The fraction of sp³-hybridized carbons (Fsp3) is 0.467. The summed E-state index contributed by atoms with van der Waals surface area (Å²) in [4.78, 5) is 10.9. The molecule has 1 aliphatic carbocycles. The number of thiocarbonyl (C=S) groups is 1. The first-order valence-electron chi connectivity index (χ1n) is 7.09. The van der Waals surface area contributed by atoms with Crippen molar-refractivity contribution in [2.45, 2.75) is 43.7 Å². The van der Waals surface area contributed by atoms with E-state index in [2.05, 4.69) is 0 Å². The lowest BCUT2D eigenvalue weighted by Gasteiger charge is -2.33. The number of rotatable bonds is 3. The summed E-state index contributed by atoms with van der Waals surface area (Å²) < 4.78 is 42.2. The Morgan fingerprint density at radius 3 is 2.48 bits per heavy atom. The zero-order valence-corrected chi connectivity index (χ0v) is 12.9. The van der Waals surface area contributed by atoms with Gasteiger partial charge in [-0.3, -0.25) is 4.79 Å². The van der Waals surface area contributed by atoms with Crippen LogP contribution < -0.4 is 5.32 Å². The minimum Gasteiger partial charge on any atom is -0.477 e. The number of benzene rings is 1. The summed E-state index contributed by atoms with van der Waals surface area (Å²) in [5.41, 5.74) is 0.696. The first kappa shape index (κ1) is 17.7. The molecule has 126 valence electrons. The number of aliphatic hydroxyl groups is 1. The molecule has 0 spiro atoms. The molecule has 0 aromatic heterocycles. The third kappa shape index (κ3) is 4.90. The highest BCUT2D eigenvalue weighted by Crippen LogP contribution is 2.24. The van der Waals surface area contributed by atoms with E-state index in [1.165, 1.54) is 0 Å². The second-order valence-electron chi connectivity index (χ2n) is 5.36.